The Morgan fingerprint density at radius 2 is 2.25 bits per heavy atom. The summed E-state index contributed by atoms with van der Waals surface area (Å²) in [6, 6.07) is 6.11. The number of methoxy groups -OCH3 is 1. The Labute approximate surface area is 121 Å². The smallest absolute Gasteiger partial charge is 0.214 e. The van der Waals surface area contributed by atoms with E-state index in [1.165, 1.54) is 11.8 Å². The number of tetrazole rings is 1. The first-order valence-corrected chi connectivity index (χ1v) is 7.33. The average Bonchev–Trinajstić information content (AvgIpc) is 3.18. The van der Waals surface area contributed by atoms with E-state index in [-0.39, 0.29) is 0 Å². The Bertz CT molecular complexity index is 610. The van der Waals surface area contributed by atoms with Crippen LogP contribution in [0.2, 0.25) is 0 Å². The van der Waals surface area contributed by atoms with Crippen molar-refractivity contribution in [2.24, 2.45) is 0 Å². The molecule has 20 heavy (non-hydrogen) atoms. The number of nitrogens with zero attached hydrogens (tertiary/aromatic N) is 4. The highest BCUT2D eigenvalue weighted by atomic mass is 32.2. The molecule has 1 heterocycles. The molecule has 2 aromatic rings. The van der Waals surface area contributed by atoms with Gasteiger partial charge in [-0.2, -0.15) is 0 Å². The van der Waals surface area contributed by atoms with Gasteiger partial charge < -0.3 is 9.84 Å². The summed E-state index contributed by atoms with van der Waals surface area (Å²) in [5.41, 5.74) is 0.769. The summed E-state index contributed by atoms with van der Waals surface area (Å²) in [7, 11) is 1.60. The number of ether oxygens (including phenoxy) is 1. The Morgan fingerprint density at radius 3 is 2.90 bits per heavy atom. The molecule has 0 amide bonds. The standard InChI is InChI=1S/C13H16N4O2S/c1-8(18)12-10(19-2)4-3-5-11(12)20-13-14-15-16-17(13)9-6-7-9/h3-5,8-9,18H,6-7H2,1-2H3/t8-/m1/s1. The van der Waals surface area contributed by atoms with Gasteiger partial charge in [0.05, 0.1) is 19.3 Å². The fraction of sp³-hybridized carbons (Fsp3) is 0.462. The second-order valence-electron chi connectivity index (χ2n) is 4.79. The number of aliphatic hydroxyl groups is 1. The molecule has 0 bridgehead atoms. The topological polar surface area (TPSA) is 73.1 Å². The summed E-state index contributed by atoms with van der Waals surface area (Å²) in [6.45, 7) is 1.73. The lowest BCUT2D eigenvalue weighted by atomic mass is 10.1. The third kappa shape index (κ3) is 2.51. The van der Waals surface area contributed by atoms with Crippen molar-refractivity contribution in [3.8, 4) is 5.75 Å². The molecule has 1 aliphatic carbocycles. The van der Waals surface area contributed by atoms with Crippen LogP contribution in [0.1, 0.15) is 37.5 Å². The van der Waals surface area contributed by atoms with Crippen LogP contribution in [0.3, 0.4) is 0 Å². The number of hydrogen-bond acceptors (Lipinski definition) is 6. The lowest BCUT2D eigenvalue weighted by Gasteiger charge is -2.15. The molecule has 1 aromatic carbocycles. The van der Waals surface area contributed by atoms with E-state index in [0.717, 1.165) is 28.5 Å². The summed E-state index contributed by atoms with van der Waals surface area (Å²) in [5, 5.41) is 22.6. The average molecular weight is 292 g/mol. The number of aromatic nitrogens is 4. The molecule has 0 spiro atoms. The van der Waals surface area contributed by atoms with Gasteiger partial charge in [-0.1, -0.05) is 6.07 Å². The normalized spacial score (nSPS) is 16.1. The summed E-state index contributed by atoms with van der Waals surface area (Å²) in [5.74, 6) is 0.676. The molecule has 0 saturated heterocycles. The molecular formula is C13H16N4O2S. The van der Waals surface area contributed by atoms with Gasteiger partial charge in [-0.05, 0) is 54.1 Å². The van der Waals surface area contributed by atoms with Crippen molar-refractivity contribution < 1.29 is 9.84 Å². The largest absolute Gasteiger partial charge is 0.496 e. The maximum absolute atomic E-state index is 9.98. The van der Waals surface area contributed by atoms with Gasteiger partial charge in [-0.25, -0.2) is 4.68 Å². The summed E-state index contributed by atoms with van der Waals surface area (Å²) < 4.78 is 7.18. The van der Waals surface area contributed by atoms with Crippen LogP contribution < -0.4 is 4.74 Å². The summed E-state index contributed by atoms with van der Waals surface area (Å²) in [4.78, 5) is 0.913. The number of benzene rings is 1. The Morgan fingerprint density at radius 1 is 1.45 bits per heavy atom. The number of aliphatic hydroxyl groups excluding tert-OH is 1. The third-order valence-electron chi connectivity index (χ3n) is 3.22. The van der Waals surface area contributed by atoms with E-state index >= 15 is 0 Å². The molecule has 106 valence electrons. The van der Waals surface area contributed by atoms with Gasteiger partial charge >= 0.3 is 0 Å². The van der Waals surface area contributed by atoms with E-state index in [1.807, 2.05) is 22.9 Å². The van der Waals surface area contributed by atoms with E-state index in [0.29, 0.717) is 11.8 Å². The highest BCUT2D eigenvalue weighted by molar-refractivity contribution is 7.99. The molecule has 1 fully saturated rings. The second kappa shape index (κ2) is 5.41. The van der Waals surface area contributed by atoms with Crippen LogP contribution >= 0.6 is 11.8 Å². The molecular weight excluding hydrogens is 276 g/mol. The fourth-order valence-electron chi connectivity index (χ4n) is 2.10. The molecule has 0 unspecified atom stereocenters. The molecule has 3 rings (SSSR count). The first kappa shape index (κ1) is 13.4. The first-order valence-electron chi connectivity index (χ1n) is 6.51. The van der Waals surface area contributed by atoms with Gasteiger partial charge in [0.1, 0.15) is 5.75 Å². The van der Waals surface area contributed by atoms with Crippen LogP contribution in [-0.4, -0.2) is 32.4 Å². The molecule has 1 aliphatic rings. The van der Waals surface area contributed by atoms with Crippen molar-refractivity contribution in [2.45, 2.75) is 42.0 Å². The molecule has 1 saturated carbocycles. The quantitative estimate of drug-likeness (QED) is 0.911. The predicted molar refractivity (Wildman–Crippen MR) is 73.8 cm³/mol. The monoisotopic (exact) mass is 292 g/mol. The van der Waals surface area contributed by atoms with Gasteiger partial charge in [0.2, 0.25) is 5.16 Å². The van der Waals surface area contributed by atoms with E-state index in [9.17, 15) is 5.11 Å². The minimum atomic E-state index is -0.612. The minimum Gasteiger partial charge on any atom is -0.496 e. The summed E-state index contributed by atoms with van der Waals surface area (Å²) >= 11 is 1.46. The lowest BCUT2D eigenvalue weighted by Crippen LogP contribution is -2.01. The zero-order valence-electron chi connectivity index (χ0n) is 11.4. The lowest BCUT2D eigenvalue weighted by molar-refractivity contribution is 0.191. The van der Waals surface area contributed by atoms with Gasteiger partial charge in [-0.3, -0.25) is 0 Å². The van der Waals surface area contributed by atoms with Crippen molar-refractivity contribution in [3.05, 3.63) is 23.8 Å². The molecule has 1 atom stereocenters. The SMILES string of the molecule is COc1cccc(Sc2nnnn2C2CC2)c1[C@@H](C)O. The highest BCUT2D eigenvalue weighted by Crippen LogP contribution is 2.41. The van der Waals surface area contributed by atoms with E-state index < -0.39 is 6.10 Å². The second-order valence-corrected chi connectivity index (χ2v) is 5.80. The third-order valence-corrected chi connectivity index (χ3v) is 4.25. The van der Waals surface area contributed by atoms with Crippen LogP contribution in [0.15, 0.2) is 28.3 Å². The van der Waals surface area contributed by atoms with E-state index in [4.69, 9.17) is 4.74 Å². The Hall–Kier alpha value is -1.60. The van der Waals surface area contributed by atoms with Crippen LogP contribution in [-0.2, 0) is 0 Å². The van der Waals surface area contributed by atoms with Crippen molar-refractivity contribution >= 4 is 11.8 Å². The van der Waals surface area contributed by atoms with Crippen molar-refractivity contribution in [1.29, 1.82) is 0 Å². The molecule has 7 heteroatoms. The van der Waals surface area contributed by atoms with E-state index in [1.54, 1.807) is 14.0 Å². The van der Waals surface area contributed by atoms with Gasteiger partial charge in [0, 0.05) is 10.5 Å². The van der Waals surface area contributed by atoms with Crippen molar-refractivity contribution in [3.63, 3.8) is 0 Å². The maximum atomic E-state index is 9.98. The molecule has 1 aromatic heterocycles. The first-order chi connectivity index (χ1) is 9.70. The van der Waals surface area contributed by atoms with E-state index in [2.05, 4.69) is 15.5 Å². The number of hydrogen-bond donors (Lipinski definition) is 1. The maximum Gasteiger partial charge on any atom is 0.214 e. The van der Waals surface area contributed by atoms with Gasteiger partial charge in [0.25, 0.3) is 0 Å². The molecule has 6 nitrogen and oxygen atoms in total. The van der Waals surface area contributed by atoms with Crippen molar-refractivity contribution in [2.75, 3.05) is 7.11 Å². The Balaban J connectivity index is 1.95. The van der Waals surface area contributed by atoms with Crippen LogP contribution in [0, 0.1) is 0 Å². The minimum absolute atomic E-state index is 0.424. The number of rotatable bonds is 5. The van der Waals surface area contributed by atoms with Crippen molar-refractivity contribution in [1.82, 2.24) is 20.2 Å². The van der Waals surface area contributed by atoms with Crippen LogP contribution in [0.4, 0.5) is 0 Å². The Kier molecular flexibility index (Phi) is 3.62. The molecule has 0 aliphatic heterocycles. The zero-order chi connectivity index (χ0) is 14.1. The molecule has 0 radical (unpaired) electrons. The summed E-state index contributed by atoms with van der Waals surface area (Å²) in [6.07, 6.45) is 1.64. The van der Waals surface area contributed by atoms with Crippen LogP contribution in [0.25, 0.3) is 0 Å². The molecule has 1 N–H and O–H groups in total. The van der Waals surface area contributed by atoms with Gasteiger partial charge in [0.15, 0.2) is 0 Å². The fourth-order valence-corrected chi connectivity index (χ4v) is 3.18. The highest BCUT2D eigenvalue weighted by Gasteiger charge is 2.28. The van der Waals surface area contributed by atoms with Gasteiger partial charge in [-0.15, -0.1) is 5.10 Å². The zero-order valence-corrected chi connectivity index (χ0v) is 12.2. The predicted octanol–water partition coefficient (Wildman–Crippen LogP) is 2.22. The van der Waals surface area contributed by atoms with Crippen LogP contribution in [0.5, 0.6) is 5.75 Å².